The molecule has 0 amide bonds. The van der Waals surface area contributed by atoms with Gasteiger partial charge in [0.25, 0.3) is 0 Å². The molecule has 0 bridgehead atoms. The van der Waals surface area contributed by atoms with Gasteiger partial charge < -0.3 is 5.32 Å². The molecule has 1 nitrogen and oxygen atoms in total. The van der Waals surface area contributed by atoms with Gasteiger partial charge in [-0.25, -0.2) is 0 Å². The van der Waals surface area contributed by atoms with Crippen LogP contribution < -0.4 is 5.32 Å². The minimum atomic E-state index is -3.97. The standard InChI is InChI=1S/C11H18F3N/c1-15-7-9-6-10(9)4-2-3-8(5-10)11(12,13)14/h8-9,15H,2-7H2,1H3. The van der Waals surface area contributed by atoms with Crippen molar-refractivity contribution >= 4 is 0 Å². The lowest BCUT2D eigenvalue weighted by molar-refractivity contribution is -0.187. The van der Waals surface area contributed by atoms with Gasteiger partial charge in [-0.1, -0.05) is 6.42 Å². The van der Waals surface area contributed by atoms with Gasteiger partial charge in [0.15, 0.2) is 0 Å². The summed E-state index contributed by atoms with van der Waals surface area (Å²) in [6.45, 7) is 0.880. The highest BCUT2D eigenvalue weighted by atomic mass is 19.4. The number of hydrogen-bond acceptors (Lipinski definition) is 1. The van der Waals surface area contributed by atoms with Crippen molar-refractivity contribution in [2.45, 2.75) is 38.3 Å². The molecule has 3 atom stereocenters. The molecule has 0 aliphatic heterocycles. The normalized spacial score (nSPS) is 40.8. The van der Waals surface area contributed by atoms with E-state index in [-0.39, 0.29) is 5.41 Å². The minimum Gasteiger partial charge on any atom is -0.319 e. The topological polar surface area (TPSA) is 12.0 Å². The summed E-state index contributed by atoms with van der Waals surface area (Å²) in [4.78, 5) is 0. The first kappa shape index (κ1) is 11.2. The molecule has 1 N–H and O–H groups in total. The lowest BCUT2D eigenvalue weighted by atomic mass is 9.77. The van der Waals surface area contributed by atoms with Crippen LogP contribution in [0.25, 0.3) is 0 Å². The van der Waals surface area contributed by atoms with Crippen LogP contribution >= 0.6 is 0 Å². The van der Waals surface area contributed by atoms with Crippen molar-refractivity contribution in [2.24, 2.45) is 17.3 Å². The van der Waals surface area contributed by atoms with E-state index >= 15 is 0 Å². The predicted octanol–water partition coefficient (Wildman–Crippen LogP) is 2.96. The Hall–Kier alpha value is -0.250. The summed E-state index contributed by atoms with van der Waals surface area (Å²) in [5, 5.41) is 3.07. The molecule has 0 aromatic carbocycles. The highest BCUT2D eigenvalue weighted by Gasteiger charge is 2.58. The SMILES string of the molecule is CNCC1CC12CCCC(C(F)(F)F)C2. The quantitative estimate of drug-likeness (QED) is 0.756. The molecule has 1 spiro atoms. The molecule has 0 radical (unpaired) electrons. The van der Waals surface area contributed by atoms with E-state index in [0.717, 1.165) is 25.8 Å². The lowest BCUT2D eigenvalue weighted by Gasteiger charge is -2.31. The lowest BCUT2D eigenvalue weighted by Crippen LogP contribution is -2.31. The third-order valence-corrected chi connectivity index (χ3v) is 4.15. The van der Waals surface area contributed by atoms with E-state index in [9.17, 15) is 13.2 Å². The Morgan fingerprint density at radius 1 is 1.33 bits per heavy atom. The zero-order chi connectivity index (χ0) is 11.1. The fraction of sp³-hybridized carbons (Fsp3) is 1.00. The first-order chi connectivity index (χ1) is 6.98. The minimum absolute atomic E-state index is 0.0431. The molecule has 0 heterocycles. The molecule has 2 aliphatic rings. The molecule has 2 saturated carbocycles. The van der Waals surface area contributed by atoms with E-state index in [1.54, 1.807) is 0 Å². The molecule has 88 valence electrons. The van der Waals surface area contributed by atoms with Crippen molar-refractivity contribution in [3.63, 3.8) is 0 Å². The molecule has 2 rings (SSSR count). The fourth-order valence-electron chi connectivity index (χ4n) is 3.20. The smallest absolute Gasteiger partial charge is 0.319 e. The molecule has 4 heteroatoms. The van der Waals surface area contributed by atoms with Gasteiger partial charge in [-0.15, -0.1) is 0 Å². The zero-order valence-corrected chi connectivity index (χ0v) is 9.03. The molecule has 2 aliphatic carbocycles. The maximum Gasteiger partial charge on any atom is 0.391 e. The predicted molar refractivity (Wildman–Crippen MR) is 52.5 cm³/mol. The molecule has 0 saturated heterocycles. The van der Waals surface area contributed by atoms with Gasteiger partial charge in [0.2, 0.25) is 0 Å². The fourth-order valence-corrected chi connectivity index (χ4v) is 3.20. The van der Waals surface area contributed by atoms with Crippen LogP contribution in [0.2, 0.25) is 0 Å². The Balaban J connectivity index is 1.95. The molecular formula is C11H18F3N. The van der Waals surface area contributed by atoms with Crippen molar-refractivity contribution in [1.29, 1.82) is 0 Å². The van der Waals surface area contributed by atoms with Crippen LogP contribution in [0.5, 0.6) is 0 Å². The van der Waals surface area contributed by atoms with E-state index < -0.39 is 12.1 Å². The van der Waals surface area contributed by atoms with Gasteiger partial charge in [0.05, 0.1) is 5.92 Å². The number of rotatable bonds is 2. The van der Waals surface area contributed by atoms with E-state index in [0.29, 0.717) is 18.8 Å². The second kappa shape index (κ2) is 3.65. The first-order valence-corrected chi connectivity index (χ1v) is 5.69. The van der Waals surface area contributed by atoms with Crippen LogP contribution in [-0.4, -0.2) is 19.8 Å². The molecule has 15 heavy (non-hydrogen) atoms. The summed E-state index contributed by atoms with van der Waals surface area (Å²) in [7, 11) is 1.87. The second-order valence-corrected chi connectivity index (χ2v) is 5.16. The molecule has 0 aromatic heterocycles. The Bertz CT molecular complexity index is 238. The Morgan fingerprint density at radius 3 is 2.67 bits per heavy atom. The first-order valence-electron chi connectivity index (χ1n) is 5.69. The number of alkyl halides is 3. The van der Waals surface area contributed by atoms with Gasteiger partial charge >= 0.3 is 6.18 Å². The van der Waals surface area contributed by atoms with Gasteiger partial charge in [0.1, 0.15) is 0 Å². The molecular weight excluding hydrogens is 203 g/mol. The summed E-state index contributed by atoms with van der Waals surface area (Å²) in [5.74, 6) is -0.541. The largest absolute Gasteiger partial charge is 0.391 e. The van der Waals surface area contributed by atoms with Crippen LogP contribution in [0.4, 0.5) is 13.2 Å². The van der Waals surface area contributed by atoms with E-state index in [4.69, 9.17) is 0 Å². The van der Waals surface area contributed by atoms with Crippen molar-refractivity contribution in [1.82, 2.24) is 5.32 Å². The van der Waals surface area contributed by atoms with Crippen LogP contribution in [0.15, 0.2) is 0 Å². The van der Waals surface area contributed by atoms with Crippen LogP contribution in [0.3, 0.4) is 0 Å². The Labute approximate surface area is 88.4 Å². The highest BCUT2D eigenvalue weighted by molar-refractivity contribution is 5.06. The van der Waals surface area contributed by atoms with Gasteiger partial charge in [0, 0.05) is 0 Å². The monoisotopic (exact) mass is 221 g/mol. The van der Waals surface area contributed by atoms with E-state index in [1.165, 1.54) is 0 Å². The van der Waals surface area contributed by atoms with Crippen molar-refractivity contribution in [3.05, 3.63) is 0 Å². The van der Waals surface area contributed by atoms with E-state index in [2.05, 4.69) is 5.32 Å². The molecule has 2 fully saturated rings. The van der Waals surface area contributed by atoms with Gasteiger partial charge in [-0.2, -0.15) is 13.2 Å². The maximum atomic E-state index is 12.6. The second-order valence-electron chi connectivity index (χ2n) is 5.16. The van der Waals surface area contributed by atoms with Crippen molar-refractivity contribution in [2.75, 3.05) is 13.6 Å². The third-order valence-electron chi connectivity index (χ3n) is 4.15. The maximum absolute atomic E-state index is 12.6. The van der Waals surface area contributed by atoms with Crippen molar-refractivity contribution in [3.8, 4) is 0 Å². The van der Waals surface area contributed by atoms with Crippen LogP contribution in [0, 0.1) is 17.3 Å². The van der Waals surface area contributed by atoms with Gasteiger partial charge in [-0.3, -0.25) is 0 Å². The van der Waals surface area contributed by atoms with Gasteiger partial charge in [-0.05, 0) is 50.6 Å². The van der Waals surface area contributed by atoms with Crippen LogP contribution in [0.1, 0.15) is 32.1 Å². The summed E-state index contributed by atoms with van der Waals surface area (Å²) in [6.07, 6.45) is -0.489. The summed E-state index contributed by atoms with van der Waals surface area (Å²) in [6, 6.07) is 0. The number of hydrogen-bond donors (Lipinski definition) is 1. The molecule has 3 unspecified atom stereocenters. The Morgan fingerprint density at radius 2 is 2.07 bits per heavy atom. The van der Waals surface area contributed by atoms with E-state index in [1.807, 2.05) is 7.05 Å². The Kier molecular flexibility index (Phi) is 2.73. The van der Waals surface area contributed by atoms with Crippen LogP contribution in [-0.2, 0) is 0 Å². The zero-order valence-electron chi connectivity index (χ0n) is 9.03. The average Bonchev–Trinajstić information content (AvgIpc) is 2.77. The third kappa shape index (κ3) is 2.14. The summed E-state index contributed by atoms with van der Waals surface area (Å²) >= 11 is 0. The number of nitrogens with one attached hydrogen (secondary N) is 1. The number of halogens is 3. The summed E-state index contributed by atoms with van der Waals surface area (Å²) < 4.78 is 37.8. The average molecular weight is 221 g/mol. The molecule has 0 aromatic rings. The van der Waals surface area contributed by atoms with Crippen molar-refractivity contribution < 1.29 is 13.2 Å². The highest BCUT2D eigenvalue weighted by Crippen LogP contribution is 2.63. The summed E-state index contributed by atoms with van der Waals surface area (Å²) in [5.41, 5.74) is 0.0431.